The van der Waals surface area contributed by atoms with Gasteiger partial charge in [0.15, 0.2) is 0 Å². The number of carbonyl (C=O) groups is 2. The van der Waals surface area contributed by atoms with E-state index in [-0.39, 0.29) is 40.4 Å². The molecule has 0 fully saturated rings. The number of sulfonamides is 1. The Kier molecular flexibility index (Phi) is 10.9. The number of benzene rings is 3. The van der Waals surface area contributed by atoms with E-state index in [0.717, 1.165) is 22.2 Å². The molecule has 0 aromatic heterocycles. The summed E-state index contributed by atoms with van der Waals surface area (Å²) in [6.45, 7) is 4.21. The van der Waals surface area contributed by atoms with E-state index < -0.39 is 39.3 Å². The Morgan fingerprint density at radius 1 is 1.00 bits per heavy atom. The van der Waals surface area contributed by atoms with Gasteiger partial charge in [0.25, 0.3) is 5.69 Å². The number of carbonyl (C=O) groups excluding carboxylic acids is 2. The second-order valence-electron chi connectivity index (χ2n) is 10.1. The minimum absolute atomic E-state index is 0.0259. The number of anilines is 1. The van der Waals surface area contributed by atoms with Crippen molar-refractivity contribution in [3.05, 3.63) is 104 Å². The number of nitrogens with one attached hydrogen (secondary N) is 1. The molecule has 3 aromatic rings. The van der Waals surface area contributed by atoms with Crippen LogP contribution in [0.1, 0.15) is 30.5 Å². The monoisotopic (exact) mass is 634 g/mol. The summed E-state index contributed by atoms with van der Waals surface area (Å²) < 4.78 is 26.8. The number of halogens is 2. The predicted molar refractivity (Wildman–Crippen MR) is 164 cm³/mol. The van der Waals surface area contributed by atoms with E-state index in [0.29, 0.717) is 11.1 Å². The average molecular weight is 636 g/mol. The van der Waals surface area contributed by atoms with Gasteiger partial charge in [-0.25, -0.2) is 8.42 Å². The van der Waals surface area contributed by atoms with Crippen molar-refractivity contribution in [3.63, 3.8) is 0 Å². The van der Waals surface area contributed by atoms with Crippen molar-refractivity contribution >= 4 is 56.4 Å². The Hall–Kier alpha value is -3.67. The predicted octanol–water partition coefficient (Wildman–Crippen LogP) is 5.14. The van der Waals surface area contributed by atoms with Crippen molar-refractivity contribution in [2.24, 2.45) is 0 Å². The van der Waals surface area contributed by atoms with Gasteiger partial charge in [0.2, 0.25) is 21.8 Å². The molecule has 0 aliphatic heterocycles. The van der Waals surface area contributed by atoms with Gasteiger partial charge < -0.3 is 10.2 Å². The summed E-state index contributed by atoms with van der Waals surface area (Å²) in [5, 5.41) is 14.8. The number of non-ortho nitro benzene ring substituents is 1. The molecule has 0 aliphatic carbocycles. The first-order chi connectivity index (χ1) is 19.7. The highest BCUT2D eigenvalue weighted by Crippen LogP contribution is 2.30. The summed E-state index contributed by atoms with van der Waals surface area (Å²) in [4.78, 5) is 39.8. The van der Waals surface area contributed by atoms with Gasteiger partial charge in [0, 0.05) is 46.7 Å². The second kappa shape index (κ2) is 14.0. The Morgan fingerprint density at radius 3 is 2.17 bits per heavy atom. The van der Waals surface area contributed by atoms with E-state index in [2.05, 4.69) is 5.32 Å². The van der Waals surface area contributed by atoms with Gasteiger partial charge in [-0.2, -0.15) is 0 Å². The number of nitro benzene ring substituents is 1. The van der Waals surface area contributed by atoms with E-state index in [4.69, 9.17) is 23.2 Å². The van der Waals surface area contributed by atoms with E-state index in [1.54, 1.807) is 51.1 Å². The molecule has 1 atom stereocenters. The van der Waals surface area contributed by atoms with Crippen LogP contribution in [0.4, 0.5) is 11.4 Å². The number of hydrogen-bond acceptors (Lipinski definition) is 6. The number of hydrogen-bond donors (Lipinski definition) is 1. The number of aryl methyl sites for hydroxylation is 1. The lowest BCUT2D eigenvalue weighted by molar-refractivity contribution is -0.384. The lowest BCUT2D eigenvalue weighted by Crippen LogP contribution is -2.54. The molecule has 0 radical (unpaired) electrons. The van der Waals surface area contributed by atoms with Gasteiger partial charge in [-0.3, -0.25) is 24.0 Å². The third-order valence-electron chi connectivity index (χ3n) is 6.44. The highest BCUT2D eigenvalue weighted by molar-refractivity contribution is 7.92. The maximum absolute atomic E-state index is 14.2. The van der Waals surface area contributed by atoms with Crippen molar-refractivity contribution in [2.45, 2.75) is 45.8 Å². The van der Waals surface area contributed by atoms with E-state index >= 15 is 0 Å². The summed E-state index contributed by atoms with van der Waals surface area (Å²) >= 11 is 12.9. The molecule has 10 nitrogen and oxygen atoms in total. The SMILES string of the molecule is Cc1ccc([N+](=O)[O-])cc1N(CC(=O)N(Cc1c(Cl)cccc1Cl)[C@H](Cc1ccccc1)C(=O)NC(C)C)S(C)(=O)=O. The number of nitrogens with zero attached hydrogens (tertiary/aromatic N) is 3. The van der Waals surface area contributed by atoms with E-state index in [1.807, 2.05) is 18.2 Å². The minimum atomic E-state index is -4.11. The van der Waals surface area contributed by atoms with Gasteiger partial charge in [0.05, 0.1) is 16.9 Å². The Morgan fingerprint density at radius 2 is 1.62 bits per heavy atom. The van der Waals surface area contributed by atoms with Gasteiger partial charge in [-0.1, -0.05) is 65.7 Å². The average Bonchev–Trinajstić information content (AvgIpc) is 2.90. The second-order valence-corrected chi connectivity index (χ2v) is 12.8. The maximum atomic E-state index is 14.2. The van der Waals surface area contributed by atoms with Gasteiger partial charge in [-0.15, -0.1) is 0 Å². The smallest absolute Gasteiger partial charge is 0.271 e. The maximum Gasteiger partial charge on any atom is 0.271 e. The number of amides is 2. The van der Waals surface area contributed by atoms with Crippen LogP contribution >= 0.6 is 23.2 Å². The van der Waals surface area contributed by atoms with Crippen molar-refractivity contribution in [1.82, 2.24) is 10.2 Å². The molecule has 0 bridgehead atoms. The molecule has 13 heteroatoms. The Balaban J connectivity index is 2.15. The zero-order valence-corrected chi connectivity index (χ0v) is 25.9. The number of nitro groups is 1. The molecule has 0 saturated heterocycles. The van der Waals surface area contributed by atoms with Crippen LogP contribution in [-0.4, -0.2) is 54.9 Å². The van der Waals surface area contributed by atoms with Gasteiger partial charge in [0.1, 0.15) is 12.6 Å². The standard InChI is InChI=1S/C29H32Cl2N4O6S/c1-19(2)32-29(37)27(15-21-9-6-5-7-10-21)33(17-23-24(30)11-8-12-25(23)31)28(36)18-34(42(4,40)41)26-16-22(35(38)39)14-13-20(26)3/h5-14,16,19,27H,15,17-18H2,1-4H3,(H,32,37)/t27-/m1/s1. The third-order valence-corrected chi connectivity index (χ3v) is 8.28. The summed E-state index contributed by atoms with van der Waals surface area (Å²) in [5.74, 6) is -1.19. The topological polar surface area (TPSA) is 130 Å². The molecule has 0 spiro atoms. The van der Waals surface area contributed by atoms with Crippen LogP contribution in [0.15, 0.2) is 66.7 Å². The first-order valence-corrected chi connectivity index (χ1v) is 15.6. The van der Waals surface area contributed by atoms with Crippen molar-refractivity contribution < 1.29 is 22.9 Å². The molecule has 42 heavy (non-hydrogen) atoms. The van der Waals surface area contributed by atoms with E-state index in [1.165, 1.54) is 17.0 Å². The van der Waals surface area contributed by atoms with Crippen LogP contribution in [0.3, 0.4) is 0 Å². The molecule has 224 valence electrons. The summed E-state index contributed by atoms with van der Waals surface area (Å²) in [6.07, 6.45) is 1.02. The lowest BCUT2D eigenvalue weighted by Gasteiger charge is -2.34. The molecular formula is C29H32Cl2N4O6S. The molecule has 2 amide bonds. The third kappa shape index (κ3) is 8.43. The van der Waals surface area contributed by atoms with Gasteiger partial charge >= 0.3 is 0 Å². The van der Waals surface area contributed by atoms with E-state index in [9.17, 15) is 28.1 Å². The fourth-order valence-corrected chi connectivity index (χ4v) is 5.78. The summed E-state index contributed by atoms with van der Waals surface area (Å²) in [5.41, 5.74) is 1.18. The summed E-state index contributed by atoms with van der Waals surface area (Å²) in [6, 6.07) is 16.3. The van der Waals surface area contributed by atoms with Gasteiger partial charge in [-0.05, 0) is 44.0 Å². The Bertz CT molecular complexity index is 1550. The highest BCUT2D eigenvalue weighted by Gasteiger charge is 2.34. The van der Waals surface area contributed by atoms with Crippen LogP contribution in [0.2, 0.25) is 10.0 Å². The van der Waals surface area contributed by atoms with Crippen molar-refractivity contribution in [3.8, 4) is 0 Å². The zero-order chi connectivity index (χ0) is 31.2. The molecule has 0 unspecified atom stereocenters. The Labute approximate surface area is 255 Å². The normalized spacial score (nSPS) is 12.1. The van der Waals surface area contributed by atoms with Crippen LogP contribution in [0.25, 0.3) is 0 Å². The quantitative estimate of drug-likeness (QED) is 0.217. The number of rotatable bonds is 12. The fraction of sp³-hybridized carbons (Fsp3) is 0.310. The molecular weight excluding hydrogens is 603 g/mol. The van der Waals surface area contributed by atoms with Crippen molar-refractivity contribution in [2.75, 3.05) is 17.1 Å². The molecule has 0 aliphatic rings. The van der Waals surface area contributed by atoms with Crippen LogP contribution in [0.5, 0.6) is 0 Å². The molecule has 1 N–H and O–H groups in total. The first-order valence-electron chi connectivity index (χ1n) is 13.0. The summed E-state index contributed by atoms with van der Waals surface area (Å²) in [7, 11) is -4.11. The first kappa shape index (κ1) is 32.8. The largest absolute Gasteiger partial charge is 0.352 e. The molecule has 3 aromatic carbocycles. The van der Waals surface area contributed by atoms with Crippen LogP contribution in [-0.2, 0) is 32.6 Å². The fourth-order valence-electron chi connectivity index (χ4n) is 4.36. The van der Waals surface area contributed by atoms with Crippen molar-refractivity contribution in [1.29, 1.82) is 0 Å². The van der Waals surface area contributed by atoms with Crippen LogP contribution in [0, 0.1) is 17.0 Å². The molecule has 3 rings (SSSR count). The van der Waals surface area contributed by atoms with Crippen LogP contribution < -0.4 is 9.62 Å². The minimum Gasteiger partial charge on any atom is -0.352 e. The molecule has 0 saturated carbocycles. The zero-order valence-electron chi connectivity index (χ0n) is 23.6. The lowest BCUT2D eigenvalue weighted by atomic mass is 10.0. The highest BCUT2D eigenvalue weighted by atomic mass is 35.5. The molecule has 0 heterocycles.